The van der Waals surface area contributed by atoms with Crippen LogP contribution in [0.1, 0.15) is 24.8 Å². The molecule has 0 aliphatic carbocycles. The molecule has 1 aromatic carbocycles. The molecule has 3 fully saturated rings. The molecule has 1 unspecified atom stereocenters. The van der Waals surface area contributed by atoms with Crippen molar-refractivity contribution in [1.82, 2.24) is 4.90 Å². The minimum atomic E-state index is -0.615. The Kier molecular flexibility index (Phi) is 3.54. The number of aliphatic hydroxyl groups excluding tert-OH is 1. The summed E-state index contributed by atoms with van der Waals surface area (Å²) in [4.78, 5) is 15.5. The lowest BCUT2D eigenvalue weighted by molar-refractivity contribution is -0.127. The smallest absolute Gasteiger partial charge is 0.236 e. The summed E-state index contributed by atoms with van der Waals surface area (Å²) in [6.07, 6.45) is 4.76. The topological polar surface area (TPSA) is 52.6 Å². The van der Waals surface area contributed by atoms with E-state index in [0.29, 0.717) is 18.3 Å². The van der Waals surface area contributed by atoms with Gasteiger partial charge >= 0.3 is 0 Å². The average molecular weight is 312 g/mol. The number of piperidine rings is 3. The number of carbonyl (C=O) groups excluding carboxylic acids is 1. The Hall–Kier alpha value is -1.65. The Labute approximate surface area is 137 Å². The van der Waals surface area contributed by atoms with Crippen LogP contribution >= 0.6 is 0 Å². The van der Waals surface area contributed by atoms with Crippen LogP contribution in [-0.2, 0) is 10.2 Å². The number of amides is 1. The molecule has 23 heavy (non-hydrogen) atoms. The maximum Gasteiger partial charge on any atom is 0.236 e. The molecule has 122 valence electrons. The number of anilines is 1. The molecule has 1 amide bonds. The molecule has 4 aliphatic heterocycles. The Morgan fingerprint density at radius 1 is 1.43 bits per heavy atom. The Balaban J connectivity index is 1.78. The van der Waals surface area contributed by atoms with Crippen LogP contribution in [0.4, 0.5) is 5.69 Å². The number of hydrogen-bond acceptors (Lipinski definition) is 3. The van der Waals surface area contributed by atoms with Crippen molar-refractivity contribution < 1.29 is 9.90 Å². The minimum absolute atomic E-state index is 0.0294. The highest BCUT2D eigenvalue weighted by molar-refractivity contribution is 6.07. The lowest BCUT2D eigenvalue weighted by atomic mass is 9.63. The molecular formula is C19H24N2O2. The fraction of sp³-hybridized carbons (Fsp3) is 0.526. The zero-order valence-electron chi connectivity index (χ0n) is 13.4. The van der Waals surface area contributed by atoms with E-state index in [4.69, 9.17) is 0 Å². The van der Waals surface area contributed by atoms with Gasteiger partial charge in [-0.2, -0.15) is 0 Å². The first-order valence-corrected chi connectivity index (χ1v) is 8.59. The predicted molar refractivity (Wildman–Crippen MR) is 90.2 cm³/mol. The molecule has 2 bridgehead atoms. The second-order valence-corrected chi connectivity index (χ2v) is 7.14. The summed E-state index contributed by atoms with van der Waals surface area (Å²) >= 11 is 0. The standard InChI is InChI=1S/C19H24N2O2/c1-2-13-12-21-9-7-14(13)11-17(21)19(8-10-22)15-5-3-4-6-16(15)20-18(19)23/h2-6,13-14,17,22H,1,7-12H2,(H,20,23)/t13-,14-,17+,19+/m1/s1. The second kappa shape index (κ2) is 5.46. The number of fused-ring (bicyclic) bond motifs is 4. The van der Waals surface area contributed by atoms with Crippen molar-refractivity contribution in [2.75, 3.05) is 25.0 Å². The molecule has 2 N–H and O–H groups in total. The Morgan fingerprint density at radius 3 is 2.96 bits per heavy atom. The normalized spacial score (nSPS) is 38.2. The quantitative estimate of drug-likeness (QED) is 0.838. The van der Waals surface area contributed by atoms with Gasteiger partial charge in [-0.05, 0) is 49.3 Å². The van der Waals surface area contributed by atoms with Gasteiger partial charge in [0.2, 0.25) is 5.91 Å². The summed E-state index contributed by atoms with van der Waals surface area (Å²) in [6, 6.07) is 8.14. The Morgan fingerprint density at radius 2 is 2.26 bits per heavy atom. The van der Waals surface area contributed by atoms with Crippen LogP contribution in [0.25, 0.3) is 0 Å². The van der Waals surface area contributed by atoms with E-state index >= 15 is 0 Å². The molecule has 4 nitrogen and oxygen atoms in total. The van der Waals surface area contributed by atoms with Gasteiger partial charge in [0.1, 0.15) is 0 Å². The lowest BCUT2D eigenvalue weighted by Gasteiger charge is -2.54. The van der Waals surface area contributed by atoms with Gasteiger partial charge in [-0.3, -0.25) is 9.69 Å². The van der Waals surface area contributed by atoms with Crippen molar-refractivity contribution in [3.63, 3.8) is 0 Å². The summed E-state index contributed by atoms with van der Waals surface area (Å²) in [5, 5.41) is 12.8. The first-order valence-electron chi connectivity index (χ1n) is 8.59. The number of hydrogen-bond donors (Lipinski definition) is 2. The molecule has 5 atom stereocenters. The molecule has 4 heterocycles. The van der Waals surface area contributed by atoms with Crippen LogP contribution in [0.5, 0.6) is 0 Å². The average Bonchev–Trinajstić information content (AvgIpc) is 2.88. The van der Waals surface area contributed by atoms with Crippen molar-refractivity contribution in [3.05, 3.63) is 42.5 Å². The first-order chi connectivity index (χ1) is 11.2. The molecule has 0 spiro atoms. The zero-order valence-corrected chi connectivity index (χ0v) is 13.4. The number of benzene rings is 1. The van der Waals surface area contributed by atoms with E-state index in [1.165, 1.54) is 6.42 Å². The Bertz CT molecular complexity index is 644. The molecule has 0 aromatic heterocycles. The van der Waals surface area contributed by atoms with Crippen LogP contribution in [0.15, 0.2) is 36.9 Å². The van der Waals surface area contributed by atoms with Gasteiger partial charge in [0.25, 0.3) is 0 Å². The molecule has 0 radical (unpaired) electrons. The fourth-order valence-corrected chi connectivity index (χ4v) is 5.11. The fourth-order valence-electron chi connectivity index (χ4n) is 5.11. The number of carbonyl (C=O) groups is 1. The van der Waals surface area contributed by atoms with Gasteiger partial charge in [-0.15, -0.1) is 6.58 Å². The van der Waals surface area contributed by atoms with Crippen molar-refractivity contribution >= 4 is 11.6 Å². The van der Waals surface area contributed by atoms with Gasteiger partial charge in [0, 0.05) is 24.9 Å². The van der Waals surface area contributed by atoms with Gasteiger partial charge in [0.05, 0.1) is 5.41 Å². The second-order valence-electron chi connectivity index (χ2n) is 7.14. The highest BCUT2D eigenvalue weighted by atomic mass is 16.3. The van der Waals surface area contributed by atoms with E-state index in [1.807, 2.05) is 18.2 Å². The van der Waals surface area contributed by atoms with E-state index in [9.17, 15) is 9.90 Å². The number of para-hydroxylation sites is 1. The summed E-state index contributed by atoms with van der Waals surface area (Å²) in [5.41, 5.74) is 1.36. The monoisotopic (exact) mass is 312 g/mol. The summed E-state index contributed by atoms with van der Waals surface area (Å²) in [7, 11) is 0. The minimum Gasteiger partial charge on any atom is -0.396 e. The number of aliphatic hydroxyl groups is 1. The first kappa shape index (κ1) is 14.9. The third kappa shape index (κ3) is 2.01. The highest BCUT2D eigenvalue weighted by Crippen LogP contribution is 2.50. The van der Waals surface area contributed by atoms with Crippen molar-refractivity contribution in [1.29, 1.82) is 0 Å². The molecule has 5 rings (SSSR count). The van der Waals surface area contributed by atoms with Crippen molar-refractivity contribution in [3.8, 4) is 0 Å². The van der Waals surface area contributed by atoms with Gasteiger partial charge in [-0.1, -0.05) is 24.3 Å². The van der Waals surface area contributed by atoms with E-state index < -0.39 is 5.41 Å². The van der Waals surface area contributed by atoms with Crippen LogP contribution in [0.2, 0.25) is 0 Å². The van der Waals surface area contributed by atoms with Crippen LogP contribution < -0.4 is 5.32 Å². The summed E-state index contributed by atoms with van der Waals surface area (Å²) < 4.78 is 0. The molecule has 4 aliphatic rings. The van der Waals surface area contributed by atoms with Gasteiger partial charge in [0.15, 0.2) is 0 Å². The van der Waals surface area contributed by atoms with Crippen LogP contribution in [0, 0.1) is 11.8 Å². The largest absolute Gasteiger partial charge is 0.396 e. The van der Waals surface area contributed by atoms with E-state index in [-0.39, 0.29) is 18.6 Å². The van der Waals surface area contributed by atoms with Crippen molar-refractivity contribution in [2.45, 2.75) is 30.7 Å². The molecule has 4 heteroatoms. The number of nitrogens with zero attached hydrogens (tertiary/aromatic N) is 1. The molecule has 0 saturated carbocycles. The lowest BCUT2D eigenvalue weighted by Crippen LogP contribution is -2.62. The summed E-state index contributed by atoms with van der Waals surface area (Å²) in [5.74, 6) is 1.20. The third-order valence-electron chi connectivity index (χ3n) is 6.24. The van der Waals surface area contributed by atoms with Crippen LogP contribution in [-0.4, -0.2) is 41.7 Å². The van der Waals surface area contributed by atoms with E-state index in [2.05, 4.69) is 28.9 Å². The third-order valence-corrected chi connectivity index (χ3v) is 6.24. The number of rotatable bonds is 4. The van der Waals surface area contributed by atoms with Crippen LogP contribution in [0.3, 0.4) is 0 Å². The van der Waals surface area contributed by atoms with Gasteiger partial charge in [-0.25, -0.2) is 0 Å². The van der Waals surface area contributed by atoms with Gasteiger partial charge < -0.3 is 10.4 Å². The van der Waals surface area contributed by atoms with E-state index in [1.54, 1.807) is 0 Å². The highest BCUT2D eigenvalue weighted by Gasteiger charge is 2.56. The number of nitrogens with one attached hydrogen (secondary N) is 1. The zero-order chi connectivity index (χ0) is 16.0. The van der Waals surface area contributed by atoms with E-state index in [0.717, 1.165) is 30.8 Å². The molecular weight excluding hydrogens is 288 g/mol. The molecule has 3 saturated heterocycles. The maximum atomic E-state index is 13.0. The molecule has 1 aromatic rings. The van der Waals surface area contributed by atoms with Crippen molar-refractivity contribution in [2.24, 2.45) is 11.8 Å². The summed E-state index contributed by atoms with van der Waals surface area (Å²) in [6.45, 7) is 6.05. The predicted octanol–water partition coefficient (Wildman–Crippen LogP) is 2.16. The SMILES string of the molecule is C=C[C@@H]1CN2CC[C@@H]1C[C@H]2[C@@]1(CCO)C(=O)Nc2ccccc21. The maximum absolute atomic E-state index is 13.0.